The lowest BCUT2D eigenvalue weighted by Gasteiger charge is -1.82. The first-order chi connectivity index (χ1) is 6.19. The fourth-order valence-corrected chi connectivity index (χ4v) is 1.10. The zero-order valence-electron chi connectivity index (χ0n) is 7.37. The molecule has 13 heavy (non-hydrogen) atoms. The Morgan fingerprint density at radius 1 is 1.69 bits per heavy atom. The average molecular weight is 177 g/mol. The summed E-state index contributed by atoms with van der Waals surface area (Å²) >= 11 is 0. The molecule has 0 bridgehead atoms. The summed E-state index contributed by atoms with van der Waals surface area (Å²) < 4.78 is 0. The Labute approximate surface area is 75.7 Å². The quantitative estimate of drug-likeness (QED) is 0.690. The van der Waals surface area contributed by atoms with E-state index < -0.39 is 5.97 Å². The third-order valence-corrected chi connectivity index (χ3v) is 1.71. The predicted molar refractivity (Wildman–Crippen MR) is 51.8 cm³/mol. The summed E-state index contributed by atoms with van der Waals surface area (Å²) in [6.07, 6.45) is 5.20. The number of aromatic carboxylic acids is 1. The zero-order valence-corrected chi connectivity index (χ0v) is 7.37. The fourth-order valence-electron chi connectivity index (χ4n) is 1.10. The Balaban J connectivity index is 3.46. The number of rotatable bonds is 2. The number of carboxylic acid groups (broad SMARTS) is 1. The number of carboxylic acids is 1. The minimum atomic E-state index is -0.952. The number of hydrogen-bond acceptors (Lipinski definition) is 1. The highest BCUT2D eigenvalue weighted by atomic mass is 16.4. The second-order valence-corrected chi connectivity index (χ2v) is 2.55. The summed E-state index contributed by atoms with van der Waals surface area (Å²) in [7, 11) is 0. The molecule has 3 heteroatoms. The van der Waals surface area contributed by atoms with Gasteiger partial charge in [-0.2, -0.15) is 0 Å². The van der Waals surface area contributed by atoms with Crippen LogP contribution in [0.15, 0.2) is 18.7 Å². The summed E-state index contributed by atoms with van der Waals surface area (Å²) in [4.78, 5) is 13.4. The summed E-state index contributed by atoms with van der Waals surface area (Å²) in [5.74, 6) is -0.952. The van der Waals surface area contributed by atoms with Gasteiger partial charge in [-0.1, -0.05) is 18.7 Å². The molecule has 0 spiro atoms. The lowest BCUT2D eigenvalue weighted by Crippen LogP contribution is -2.21. The van der Waals surface area contributed by atoms with E-state index in [2.05, 4.69) is 11.6 Å². The number of nitrogens with one attached hydrogen (secondary N) is 1. The van der Waals surface area contributed by atoms with Crippen molar-refractivity contribution in [3.8, 4) is 0 Å². The molecule has 0 aliphatic heterocycles. The standard InChI is InChI=1S/C10H11NO2/c1-3-5-8-7(4-2)6-9(11-8)10(12)13/h3-6,11H,1H2,2H3,(H,12,13)/b7-4-,8-5+. The fraction of sp³-hybridized carbons (Fsp3) is 0.100. The van der Waals surface area contributed by atoms with Crippen molar-refractivity contribution in [2.45, 2.75) is 6.92 Å². The molecule has 0 saturated heterocycles. The van der Waals surface area contributed by atoms with Gasteiger partial charge in [0.15, 0.2) is 0 Å². The van der Waals surface area contributed by atoms with Crippen LogP contribution in [0.3, 0.4) is 0 Å². The molecule has 1 heterocycles. The van der Waals surface area contributed by atoms with Crippen LogP contribution in [0.5, 0.6) is 0 Å². The lowest BCUT2D eigenvalue weighted by molar-refractivity contribution is 0.0691. The van der Waals surface area contributed by atoms with Crippen molar-refractivity contribution in [1.82, 2.24) is 4.98 Å². The van der Waals surface area contributed by atoms with Gasteiger partial charge in [-0.05, 0) is 24.3 Å². The maximum atomic E-state index is 10.6. The maximum absolute atomic E-state index is 10.6. The third-order valence-electron chi connectivity index (χ3n) is 1.71. The molecule has 3 nitrogen and oxygen atoms in total. The molecule has 0 amide bonds. The van der Waals surface area contributed by atoms with Gasteiger partial charge in [0.25, 0.3) is 0 Å². The number of carbonyl (C=O) groups is 1. The molecule has 0 radical (unpaired) electrons. The number of aromatic nitrogens is 1. The van der Waals surface area contributed by atoms with Gasteiger partial charge in [-0.15, -0.1) is 0 Å². The highest BCUT2D eigenvalue weighted by Gasteiger charge is 2.03. The lowest BCUT2D eigenvalue weighted by atomic mass is 10.3. The molecule has 0 aliphatic rings. The number of hydrogen-bond donors (Lipinski definition) is 2. The molecule has 1 aromatic heterocycles. The number of H-pyrrole nitrogens is 1. The van der Waals surface area contributed by atoms with E-state index in [0.29, 0.717) is 0 Å². The molecular formula is C10H11NO2. The van der Waals surface area contributed by atoms with Gasteiger partial charge in [-0.25, -0.2) is 4.79 Å². The Bertz CT molecular complexity index is 440. The van der Waals surface area contributed by atoms with E-state index in [1.165, 1.54) is 0 Å². The van der Waals surface area contributed by atoms with Gasteiger partial charge in [-0.3, -0.25) is 0 Å². The highest BCUT2D eigenvalue weighted by Crippen LogP contribution is 1.85. The summed E-state index contributed by atoms with van der Waals surface area (Å²) in [5.41, 5.74) is 0.196. The predicted octanol–water partition coefficient (Wildman–Crippen LogP) is 0.480. The van der Waals surface area contributed by atoms with Crippen molar-refractivity contribution in [3.63, 3.8) is 0 Å². The molecule has 1 rings (SSSR count). The van der Waals surface area contributed by atoms with Crippen molar-refractivity contribution in [1.29, 1.82) is 0 Å². The summed E-state index contributed by atoms with van der Waals surface area (Å²) in [6, 6.07) is 1.59. The molecule has 2 N–H and O–H groups in total. The minimum absolute atomic E-state index is 0.196. The Morgan fingerprint density at radius 3 is 2.85 bits per heavy atom. The van der Waals surface area contributed by atoms with Crippen LogP contribution in [0.4, 0.5) is 0 Å². The molecule has 68 valence electrons. The van der Waals surface area contributed by atoms with Crippen LogP contribution in [0.1, 0.15) is 17.4 Å². The number of allylic oxidation sites excluding steroid dienone is 1. The van der Waals surface area contributed by atoms with Crippen LogP contribution in [0.25, 0.3) is 12.2 Å². The van der Waals surface area contributed by atoms with Crippen molar-refractivity contribution < 1.29 is 9.90 Å². The molecule has 0 saturated carbocycles. The molecule has 0 aliphatic carbocycles. The van der Waals surface area contributed by atoms with Crippen molar-refractivity contribution in [3.05, 3.63) is 35.0 Å². The highest BCUT2D eigenvalue weighted by molar-refractivity contribution is 5.85. The van der Waals surface area contributed by atoms with E-state index in [1.807, 2.05) is 13.0 Å². The van der Waals surface area contributed by atoms with Crippen LogP contribution in [0, 0.1) is 0 Å². The van der Waals surface area contributed by atoms with E-state index in [1.54, 1.807) is 18.2 Å². The zero-order chi connectivity index (χ0) is 9.84. The SMILES string of the molecule is C=C/C=c1/[nH]c(C(=O)O)c/c1=C/C. The molecule has 0 aromatic carbocycles. The van der Waals surface area contributed by atoms with Crippen LogP contribution >= 0.6 is 0 Å². The Hall–Kier alpha value is -1.77. The Kier molecular flexibility index (Phi) is 2.69. The van der Waals surface area contributed by atoms with Crippen LogP contribution in [0.2, 0.25) is 0 Å². The van der Waals surface area contributed by atoms with Gasteiger partial charge >= 0.3 is 5.97 Å². The van der Waals surface area contributed by atoms with E-state index in [4.69, 9.17) is 5.11 Å². The normalized spacial score (nSPS) is 13.3. The van der Waals surface area contributed by atoms with Crippen molar-refractivity contribution >= 4 is 18.1 Å². The van der Waals surface area contributed by atoms with E-state index in [0.717, 1.165) is 10.6 Å². The summed E-state index contributed by atoms with van der Waals surface area (Å²) in [5, 5.41) is 10.3. The first-order valence-corrected chi connectivity index (χ1v) is 3.90. The third kappa shape index (κ3) is 1.87. The van der Waals surface area contributed by atoms with Crippen LogP contribution in [-0.4, -0.2) is 16.1 Å². The average Bonchev–Trinajstić information content (AvgIpc) is 2.48. The topological polar surface area (TPSA) is 53.1 Å². The van der Waals surface area contributed by atoms with Gasteiger partial charge in [0.2, 0.25) is 0 Å². The largest absolute Gasteiger partial charge is 0.477 e. The van der Waals surface area contributed by atoms with Gasteiger partial charge < -0.3 is 10.1 Å². The molecule has 1 aromatic rings. The molecule has 0 fully saturated rings. The van der Waals surface area contributed by atoms with E-state index >= 15 is 0 Å². The number of aromatic amines is 1. The second kappa shape index (κ2) is 3.76. The molecule has 0 atom stereocenters. The van der Waals surface area contributed by atoms with Crippen molar-refractivity contribution in [2.75, 3.05) is 0 Å². The Morgan fingerprint density at radius 2 is 2.38 bits per heavy atom. The van der Waals surface area contributed by atoms with Crippen LogP contribution < -0.4 is 10.6 Å². The van der Waals surface area contributed by atoms with E-state index in [9.17, 15) is 4.79 Å². The monoisotopic (exact) mass is 177 g/mol. The van der Waals surface area contributed by atoms with Crippen LogP contribution in [-0.2, 0) is 0 Å². The van der Waals surface area contributed by atoms with E-state index in [-0.39, 0.29) is 5.69 Å². The second-order valence-electron chi connectivity index (χ2n) is 2.55. The summed E-state index contributed by atoms with van der Waals surface area (Å²) in [6.45, 7) is 5.40. The minimum Gasteiger partial charge on any atom is -0.477 e. The maximum Gasteiger partial charge on any atom is 0.352 e. The smallest absolute Gasteiger partial charge is 0.352 e. The van der Waals surface area contributed by atoms with Gasteiger partial charge in [0.05, 0.1) is 0 Å². The first-order valence-electron chi connectivity index (χ1n) is 3.90. The van der Waals surface area contributed by atoms with Crippen molar-refractivity contribution in [2.24, 2.45) is 0 Å². The molecule has 0 unspecified atom stereocenters. The molecular weight excluding hydrogens is 166 g/mol. The van der Waals surface area contributed by atoms with Gasteiger partial charge in [0, 0.05) is 5.35 Å². The first kappa shape index (κ1) is 9.32. The van der Waals surface area contributed by atoms with Gasteiger partial charge in [0.1, 0.15) is 5.69 Å².